The average molecular weight is 339 g/mol. The Labute approximate surface area is 134 Å². The second-order valence-corrected chi connectivity index (χ2v) is 7.24. The molecule has 1 aromatic heterocycles. The number of primary sulfonamides is 1. The molecule has 0 saturated heterocycles. The Morgan fingerprint density at radius 2 is 2.13 bits per heavy atom. The first-order chi connectivity index (χ1) is 10.9. The van der Waals surface area contributed by atoms with Crippen LogP contribution in [0.25, 0.3) is 0 Å². The highest BCUT2D eigenvalue weighted by Gasteiger charge is 2.32. The molecule has 1 aliphatic carbocycles. The Hall–Kier alpha value is -1.93. The van der Waals surface area contributed by atoms with Crippen LogP contribution in [0, 0.1) is 5.82 Å². The van der Waals surface area contributed by atoms with Crippen molar-refractivity contribution in [1.82, 2.24) is 9.78 Å². The van der Waals surface area contributed by atoms with Gasteiger partial charge in [0, 0.05) is 30.9 Å². The van der Waals surface area contributed by atoms with Gasteiger partial charge in [0.2, 0.25) is 10.0 Å². The highest BCUT2D eigenvalue weighted by atomic mass is 32.2. The number of aromatic nitrogens is 2. The Kier molecular flexibility index (Phi) is 4.11. The topological polar surface area (TPSA) is 87.2 Å². The summed E-state index contributed by atoms with van der Waals surface area (Å²) in [6.07, 6.45) is 4.49. The van der Waals surface area contributed by atoms with Crippen LogP contribution in [0.15, 0.2) is 35.4 Å². The number of aryl methyl sites for hydroxylation is 1. The zero-order valence-electron chi connectivity index (χ0n) is 12.6. The molecule has 1 fully saturated rings. The van der Waals surface area contributed by atoms with Crippen LogP contribution in [0.4, 0.5) is 4.39 Å². The number of nitrogens with zero attached hydrogens (tertiary/aromatic N) is 2. The molecule has 8 heteroatoms. The highest BCUT2D eigenvalue weighted by Crippen LogP contribution is 2.37. The summed E-state index contributed by atoms with van der Waals surface area (Å²) in [6.45, 7) is 0. The third kappa shape index (κ3) is 3.23. The zero-order valence-corrected chi connectivity index (χ0v) is 13.5. The van der Waals surface area contributed by atoms with Crippen LogP contribution in [0.3, 0.4) is 0 Å². The van der Waals surface area contributed by atoms with Crippen molar-refractivity contribution in [3.63, 3.8) is 0 Å². The van der Waals surface area contributed by atoms with Crippen LogP contribution >= 0.6 is 0 Å². The van der Waals surface area contributed by atoms with Gasteiger partial charge in [0.05, 0.1) is 0 Å². The summed E-state index contributed by atoms with van der Waals surface area (Å²) in [5.74, 6) is -0.419. The van der Waals surface area contributed by atoms with E-state index in [-0.39, 0.29) is 12.0 Å². The monoisotopic (exact) mass is 339 g/mol. The second-order valence-electron chi connectivity index (χ2n) is 5.71. The Morgan fingerprint density at radius 3 is 2.74 bits per heavy atom. The van der Waals surface area contributed by atoms with E-state index >= 15 is 0 Å². The van der Waals surface area contributed by atoms with Crippen molar-refractivity contribution in [2.24, 2.45) is 12.2 Å². The molecule has 3 rings (SSSR count). The summed E-state index contributed by atoms with van der Waals surface area (Å²) in [6, 6.07) is 5.59. The first kappa shape index (κ1) is 15.9. The lowest BCUT2D eigenvalue weighted by molar-refractivity contribution is 0.186. The largest absolute Gasteiger partial charge is 0.490 e. The molecule has 23 heavy (non-hydrogen) atoms. The number of ether oxygens (including phenoxy) is 1. The zero-order chi connectivity index (χ0) is 16.6. The maximum absolute atomic E-state index is 13.9. The Morgan fingerprint density at radius 1 is 1.35 bits per heavy atom. The van der Waals surface area contributed by atoms with Gasteiger partial charge in [0.1, 0.15) is 22.6 Å². The van der Waals surface area contributed by atoms with Crippen LogP contribution in [0.2, 0.25) is 0 Å². The molecule has 1 aromatic carbocycles. The van der Waals surface area contributed by atoms with Gasteiger partial charge in [-0.15, -0.1) is 0 Å². The van der Waals surface area contributed by atoms with E-state index in [0.717, 1.165) is 37.1 Å². The fraction of sp³-hybridized carbons (Fsp3) is 0.400. The van der Waals surface area contributed by atoms with Crippen LogP contribution < -0.4 is 9.88 Å². The molecule has 1 aliphatic rings. The number of sulfonamides is 1. The molecule has 2 unspecified atom stereocenters. The summed E-state index contributed by atoms with van der Waals surface area (Å²) < 4.78 is 44.1. The van der Waals surface area contributed by atoms with E-state index < -0.39 is 20.7 Å². The number of rotatable bonds is 4. The van der Waals surface area contributed by atoms with Gasteiger partial charge in [0.15, 0.2) is 0 Å². The quantitative estimate of drug-likeness (QED) is 0.922. The normalized spacial score (nSPS) is 21.5. The van der Waals surface area contributed by atoms with E-state index in [0.29, 0.717) is 5.75 Å². The lowest BCUT2D eigenvalue weighted by Gasteiger charge is -2.21. The van der Waals surface area contributed by atoms with Crippen molar-refractivity contribution in [2.45, 2.75) is 36.2 Å². The Bertz CT molecular complexity index is 819. The number of nitrogens with two attached hydrogens (primary N) is 1. The minimum Gasteiger partial charge on any atom is -0.490 e. The maximum Gasteiger partial charge on any atom is 0.240 e. The summed E-state index contributed by atoms with van der Waals surface area (Å²) in [4.78, 5) is -0.528. The van der Waals surface area contributed by atoms with Crippen molar-refractivity contribution in [2.75, 3.05) is 0 Å². The molecule has 0 aliphatic heterocycles. The average Bonchev–Trinajstić information content (AvgIpc) is 3.06. The van der Waals surface area contributed by atoms with Gasteiger partial charge in [0.25, 0.3) is 0 Å². The van der Waals surface area contributed by atoms with Crippen molar-refractivity contribution in [1.29, 1.82) is 0 Å². The summed E-state index contributed by atoms with van der Waals surface area (Å²) in [7, 11) is -2.19. The molecular weight excluding hydrogens is 321 g/mol. The van der Waals surface area contributed by atoms with E-state index in [4.69, 9.17) is 9.88 Å². The third-order valence-corrected chi connectivity index (χ3v) is 5.13. The minimum atomic E-state index is -4.07. The maximum atomic E-state index is 13.9. The Balaban J connectivity index is 1.82. The summed E-state index contributed by atoms with van der Waals surface area (Å²) >= 11 is 0. The molecule has 0 amide bonds. The fourth-order valence-electron chi connectivity index (χ4n) is 3.11. The van der Waals surface area contributed by atoms with E-state index in [1.165, 1.54) is 6.07 Å². The first-order valence-electron chi connectivity index (χ1n) is 7.33. The molecule has 0 radical (unpaired) electrons. The van der Waals surface area contributed by atoms with Gasteiger partial charge in [-0.2, -0.15) is 5.10 Å². The predicted octanol–water partition coefficient (Wildman–Crippen LogP) is 1.92. The molecule has 0 spiro atoms. The van der Waals surface area contributed by atoms with Gasteiger partial charge in [-0.3, -0.25) is 4.68 Å². The van der Waals surface area contributed by atoms with E-state index in [1.807, 2.05) is 17.8 Å². The molecule has 124 valence electrons. The van der Waals surface area contributed by atoms with Gasteiger partial charge < -0.3 is 4.74 Å². The molecule has 2 N–H and O–H groups in total. The van der Waals surface area contributed by atoms with E-state index in [1.54, 1.807) is 6.20 Å². The van der Waals surface area contributed by atoms with Gasteiger partial charge in [-0.05, 0) is 37.5 Å². The lowest BCUT2D eigenvalue weighted by atomic mass is 10.0. The second kappa shape index (κ2) is 5.93. The number of halogens is 1. The molecule has 2 aromatic rings. The molecule has 1 heterocycles. The third-order valence-electron chi connectivity index (χ3n) is 4.19. The number of hydrogen-bond acceptors (Lipinski definition) is 4. The van der Waals surface area contributed by atoms with Crippen LogP contribution in [-0.4, -0.2) is 24.3 Å². The molecule has 2 atom stereocenters. The number of benzene rings is 1. The number of hydrogen-bond donors (Lipinski definition) is 1. The van der Waals surface area contributed by atoms with Gasteiger partial charge >= 0.3 is 0 Å². The smallest absolute Gasteiger partial charge is 0.240 e. The van der Waals surface area contributed by atoms with Gasteiger partial charge in [-0.1, -0.05) is 0 Å². The summed E-state index contributed by atoms with van der Waals surface area (Å²) in [5, 5.41) is 9.13. The summed E-state index contributed by atoms with van der Waals surface area (Å²) in [5.41, 5.74) is 1.08. The molecule has 6 nitrogen and oxygen atoms in total. The molecule has 1 saturated carbocycles. The van der Waals surface area contributed by atoms with Crippen LogP contribution in [0.1, 0.15) is 30.9 Å². The first-order valence-corrected chi connectivity index (χ1v) is 8.88. The lowest BCUT2D eigenvalue weighted by Crippen LogP contribution is -2.22. The highest BCUT2D eigenvalue weighted by molar-refractivity contribution is 7.89. The standard InChI is InChI=1S/C15H18FN3O3S/c1-19-13(7-8-18-19)11-3-2-4-14(11)22-10-5-6-15(12(16)9-10)23(17,20)21/h5-9,11,14H,2-4H2,1H3,(H2,17,20,21). The van der Waals surface area contributed by atoms with Crippen molar-refractivity contribution < 1.29 is 17.5 Å². The predicted molar refractivity (Wildman–Crippen MR) is 82.0 cm³/mol. The molecule has 0 bridgehead atoms. The SMILES string of the molecule is Cn1nccc1C1CCCC1Oc1ccc(S(N)(=O)=O)c(F)c1. The van der Waals surface area contributed by atoms with Crippen LogP contribution in [0.5, 0.6) is 5.75 Å². The van der Waals surface area contributed by atoms with E-state index in [2.05, 4.69) is 5.10 Å². The van der Waals surface area contributed by atoms with Crippen LogP contribution in [-0.2, 0) is 17.1 Å². The van der Waals surface area contributed by atoms with Gasteiger partial charge in [-0.25, -0.2) is 17.9 Å². The minimum absolute atomic E-state index is 0.0925. The van der Waals surface area contributed by atoms with E-state index in [9.17, 15) is 12.8 Å². The van der Waals surface area contributed by atoms with Crippen molar-refractivity contribution in [3.05, 3.63) is 42.0 Å². The van der Waals surface area contributed by atoms with Crippen molar-refractivity contribution in [3.8, 4) is 5.75 Å². The molecular formula is C15H18FN3O3S. The van der Waals surface area contributed by atoms with Crippen molar-refractivity contribution >= 4 is 10.0 Å². The fourth-order valence-corrected chi connectivity index (χ4v) is 3.70.